The van der Waals surface area contributed by atoms with E-state index in [9.17, 15) is 21.6 Å². The van der Waals surface area contributed by atoms with E-state index < -0.39 is 27.2 Å². The average Bonchev–Trinajstić information content (AvgIpc) is 3.32. The van der Waals surface area contributed by atoms with Crippen molar-refractivity contribution < 1.29 is 21.6 Å². The molecule has 1 saturated heterocycles. The molecule has 2 aromatic carbocycles. The van der Waals surface area contributed by atoms with Gasteiger partial charge in [-0.3, -0.25) is 9.62 Å². The molecule has 1 aliphatic carbocycles. The Morgan fingerprint density at radius 1 is 1.09 bits per heavy atom. The Morgan fingerprint density at radius 2 is 1.84 bits per heavy atom. The number of piperidine rings is 1. The fourth-order valence-electron chi connectivity index (χ4n) is 6.74. The summed E-state index contributed by atoms with van der Waals surface area (Å²) < 4.78 is 74.8. The van der Waals surface area contributed by atoms with Crippen molar-refractivity contribution in [2.24, 2.45) is 18.9 Å². The first-order chi connectivity index (χ1) is 20.2. The van der Waals surface area contributed by atoms with Crippen LogP contribution in [0.3, 0.4) is 0 Å². The number of aromatic nitrogens is 3. The summed E-state index contributed by atoms with van der Waals surface area (Å²) in [7, 11) is -2.52. The number of likely N-dealkylation sites (tertiary alicyclic amines) is 1. The molecule has 8 nitrogen and oxygen atoms in total. The molecule has 1 aromatic heterocycles. The molecule has 3 aromatic rings. The molecule has 0 radical (unpaired) electrons. The topological polar surface area (TPSA) is 92.2 Å². The van der Waals surface area contributed by atoms with Gasteiger partial charge in [0.25, 0.3) is 10.0 Å². The van der Waals surface area contributed by atoms with Crippen LogP contribution in [0.2, 0.25) is 0 Å². The standard InChI is InChI=1S/C31H41F3N6O2S/c1-20(2)36-27-9-8-23(18-40-10-6-7-21(3)17-40)11-28(27)43(41,42)38-26-13-24(12-25(14-26)31(32,33)34)30(15-22(4)16-30)29-37-35-19-39(29)5/h8-9,11-14,19-22,36,38H,6-7,10,15-18H2,1-5H3/t21-,22?,30?/m0/s1. The Balaban J connectivity index is 1.54. The number of alkyl halides is 3. The van der Waals surface area contributed by atoms with Crippen molar-refractivity contribution in [3.8, 4) is 0 Å². The van der Waals surface area contributed by atoms with Crippen molar-refractivity contribution in [2.75, 3.05) is 23.1 Å². The fraction of sp³-hybridized carbons (Fsp3) is 0.548. The number of hydrogen-bond donors (Lipinski definition) is 2. The van der Waals surface area contributed by atoms with Crippen molar-refractivity contribution in [1.29, 1.82) is 0 Å². The Kier molecular flexibility index (Phi) is 8.56. The highest BCUT2D eigenvalue weighted by Crippen LogP contribution is 2.52. The van der Waals surface area contributed by atoms with Gasteiger partial charge < -0.3 is 9.88 Å². The minimum Gasteiger partial charge on any atom is -0.382 e. The third kappa shape index (κ3) is 6.69. The molecule has 1 saturated carbocycles. The number of sulfonamides is 1. The van der Waals surface area contributed by atoms with Crippen LogP contribution in [0, 0.1) is 11.8 Å². The monoisotopic (exact) mass is 618 g/mol. The molecule has 2 aliphatic rings. The third-order valence-corrected chi connectivity index (χ3v) is 9.95. The van der Waals surface area contributed by atoms with Gasteiger partial charge in [0.05, 0.1) is 16.7 Å². The van der Waals surface area contributed by atoms with Crippen molar-refractivity contribution in [1.82, 2.24) is 19.7 Å². The number of anilines is 2. The summed E-state index contributed by atoms with van der Waals surface area (Å²) >= 11 is 0. The number of aryl methyl sites for hydroxylation is 1. The molecule has 0 bridgehead atoms. The number of nitrogens with zero attached hydrogens (tertiary/aromatic N) is 4. The second-order valence-electron chi connectivity index (χ2n) is 12.9. The minimum absolute atomic E-state index is 0.00278. The van der Waals surface area contributed by atoms with Crippen LogP contribution in [-0.2, 0) is 35.2 Å². The van der Waals surface area contributed by atoms with E-state index in [1.165, 1.54) is 18.8 Å². The third-order valence-electron chi connectivity index (χ3n) is 8.53. The van der Waals surface area contributed by atoms with Crippen LogP contribution >= 0.6 is 0 Å². The molecule has 2 heterocycles. The van der Waals surface area contributed by atoms with Crippen molar-refractivity contribution in [3.63, 3.8) is 0 Å². The van der Waals surface area contributed by atoms with Crippen molar-refractivity contribution in [2.45, 2.75) is 82.5 Å². The van der Waals surface area contributed by atoms with E-state index in [-0.39, 0.29) is 22.5 Å². The molecule has 43 heavy (non-hydrogen) atoms. The highest BCUT2D eigenvalue weighted by atomic mass is 32.2. The molecule has 0 amide bonds. The summed E-state index contributed by atoms with van der Waals surface area (Å²) in [6.07, 6.45) is 0.264. The maximum Gasteiger partial charge on any atom is 0.416 e. The zero-order chi connectivity index (χ0) is 31.2. The van der Waals surface area contributed by atoms with Gasteiger partial charge in [-0.15, -0.1) is 10.2 Å². The average molecular weight is 619 g/mol. The lowest BCUT2D eigenvalue weighted by molar-refractivity contribution is -0.137. The summed E-state index contributed by atoms with van der Waals surface area (Å²) in [6.45, 7) is 10.5. The predicted molar refractivity (Wildman–Crippen MR) is 161 cm³/mol. The van der Waals surface area contributed by atoms with Crippen LogP contribution in [0.4, 0.5) is 24.5 Å². The largest absolute Gasteiger partial charge is 0.416 e. The van der Waals surface area contributed by atoms with Gasteiger partial charge in [-0.1, -0.05) is 19.9 Å². The van der Waals surface area contributed by atoms with Crippen LogP contribution in [0.5, 0.6) is 0 Å². The molecule has 1 atom stereocenters. The normalized spacial score (nSPS) is 23.3. The van der Waals surface area contributed by atoms with E-state index in [1.54, 1.807) is 23.7 Å². The summed E-state index contributed by atoms with van der Waals surface area (Å²) in [5.74, 6) is 1.39. The van der Waals surface area contributed by atoms with Crippen LogP contribution in [0.25, 0.3) is 0 Å². The molecule has 5 rings (SSSR count). The molecule has 2 fully saturated rings. The van der Waals surface area contributed by atoms with Gasteiger partial charge >= 0.3 is 6.18 Å². The lowest BCUT2D eigenvalue weighted by Crippen LogP contribution is -2.43. The number of halogens is 3. The van der Waals surface area contributed by atoms with Gasteiger partial charge in [0.2, 0.25) is 0 Å². The van der Waals surface area contributed by atoms with Crippen LogP contribution in [0.1, 0.15) is 75.9 Å². The number of nitrogens with one attached hydrogen (secondary N) is 2. The van der Waals surface area contributed by atoms with Gasteiger partial charge in [0.1, 0.15) is 17.0 Å². The minimum atomic E-state index is -4.68. The molecule has 0 unspecified atom stereocenters. The quantitative estimate of drug-likeness (QED) is 0.288. The molecule has 234 valence electrons. The molecule has 0 spiro atoms. The maximum absolute atomic E-state index is 14.2. The number of benzene rings is 2. The zero-order valence-electron chi connectivity index (χ0n) is 25.4. The Bertz CT molecular complexity index is 1560. The van der Waals surface area contributed by atoms with Crippen molar-refractivity contribution in [3.05, 3.63) is 65.2 Å². The number of hydrogen-bond acceptors (Lipinski definition) is 6. The van der Waals surface area contributed by atoms with E-state index in [1.807, 2.05) is 26.8 Å². The first-order valence-electron chi connectivity index (χ1n) is 14.9. The highest BCUT2D eigenvalue weighted by molar-refractivity contribution is 7.92. The van der Waals surface area contributed by atoms with E-state index >= 15 is 0 Å². The SMILES string of the molecule is CC1CC(c2cc(NS(=O)(=O)c3cc(CN4CCC[C@H](C)C4)ccc3NC(C)C)cc(C(F)(F)F)c2)(c2nncn2C)C1. The second kappa shape index (κ2) is 11.8. The summed E-state index contributed by atoms with van der Waals surface area (Å²) in [4.78, 5) is 2.32. The summed E-state index contributed by atoms with van der Waals surface area (Å²) in [6, 6.07) is 8.72. The first-order valence-corrected chi connectivity index (χ1v) is 16.4. The molecule has 2 N–H and O–H groups in total. The van der Waals surface area contributed by atoms with E-state index in [0.29, 0.717) is 42.4 Å². The smallest absolute Gasteiger partial charge is 0.382 e. The second-order valence-corrected chi connectivity index (χ2v) is 14.5. The van der Waals surface area contributed by atoms with Crippen LogP contribution < -0.4 is 10.0 Å². The molecular formula is C31H41F3N6O2S. The lowest BCUT2D eigenvalue weighted by atomic mass is 9.58. The van der Waals surface area contributed by atoms with E-state index in [4.69, 9.17) is 0 Å². The zero-order valence-corrected chi connectivity index (χ0v) is 26.2. The highest BCUT2D eigenvalue weighted by Gasteiger charge is 2.49. The van der Waals surface area contributed by atoms with Crippen LogP contribution in [0.15, 0.2) is 47.6 Å². The first kappa shape index (κ1) is 31.3. The Morgan fingerprint density at radius 3 is 2.44 bits per heavy atom. The lowest BCUT2D eigenvalue weighted by Gasteiger charge is -2.46. The van der Waals surface area contributed by atoms with Gasteiger partial charge in [0, 0.05) is 31.9 Å². The molecular weight excluding hydrogens is 577 g/mol. The van der Waals surface area contributed by atoms with Crippen LogP contribution in [-0.4, -0.2) is 47.2 Å². The van der Waals surface area contributed by atoms with E-state index in [2.05, 4.69) is 32.1 Å². The Labute approximate surface area is 252 Å². The molecule has 12 heteroatoms. The van der Waals surface area contributed by atoms with E-state index in [0.717, 1.165) is 37.2 Å². The van der Waals surface area contributed by atoms with Gasteiger partial charge in [-0.25, -0.2) is 8.42 Å². The van der Waals surface area contributed by atoms with Crippen molar-refractivity contribution >= 4 is 21.4 Å². The number of rotatable bonds is 9. The van der Waals surface area contributed by atoms with Gasteiger partial charge in [-0.2, -0.15) is 13.2 Å². The fourth-order valence-corrected chi connectivity index (χ4v) is 8.00. The molecule has 1 aliphatic heterocycles. The predicted octanol–water partition coefficient (Wildman–Crippen LogP) is 6.40. The van der Waals surface area contributed by atoms with Gasteiger partial charge in [-0.05, 0) is 99.4 Å². The summed E-state index contributed by atoms with van der Waals surface area (Å²) in [5, 5.41) is 11.4. The Hall–Kier alpha value is -3.12. The van der Waals surface area contributed by atoms with Gasteiger partial charge in [0.15, 0.2) is 0 Å². The maximum atomic E-state index is 14.2. The summed E-state index contributed by atoms with van der Waals surface area (Å²) in [5.41, 5.74) is -0.272.